The topological polar surface area (TPSA) is 74.2 Å². The first-order valence-corrected chi connectivity index (χ1v) is 7.49. The van der Waals surface area contributed by atoms with E-state index >= 15 is 0 Å². The number of nitrogens with one attached hydrogen (secondary N) is 2. The zero-order valence-electron chi connectivity index (χ0n) is 13.0. The highest BCUT2D eigenvalue weighted by Crippen LogP contribution is 2.23. The molecule has 1 amide bonds. The number of carbonyl (C=O) groups is 1. The number of hydrogen-bond donors (Lipinski definition) is 2. The Morgan fingerprint density at radius 3 is 2.57 bits per heavy atom. The highest BCUT2D eigenvalue weighted by atomic mass is 16.5. The zero-order chi connectivity index (χ0) is 16.5. The van der Waals surface area contributed by atoms with Crippen molar-refractivity contribution >= 4 is 17.3 Å². The second kappa shape index (κ2) is 8.44. The van der Waals surface area contributed by atoms with E-state index in [0.717, 1.165) is 17.9 Å². The summed E-state index contributed by atoms with van der Waals surface area (Å²) in [6.45, 7) is 2.75. The molecule has 118 valence electrons. The van der Waals surface area contributed by atoms with Gasteiger partial charge in [0.05, 0.1) is 30.1 Å². The third-order valence-electron chi connectivity index (χ3n) is 3.11. The number of amides is 1. The summed E-state index contributed by atoms with van der Waals surface area (Å²) >= 11 is 0. The minimum Gasteiger partial charge on any atom is -0.491 e. The predicted octanol–water partition coefficient (Wildman–Crippen LogP) is 3.40. The molecule has 2 rings (SSSR count). The van der Waals surface area contributed by atoms with Gasteiger partial charge in [-0.15, -0.1) is 0 Å². The van der Waals surface area contributed by atoms with E-state index in [2.05, 4.69) is 16.7 Å². The minimum atomic E-state index is -0.224. The molecular formula is C18H19N3O2. The first kappa shape index (κ1) is 16.4. The normalized spacial score (nSPS) is 9.74. The van der Waals surface area contributed by atoms with Crippen molar-refractivity contribution in [2.45, 2.75) is 13.3 Å². The Hall–Kier alpha value is -3.00. The number of benzene rings is 2. The summed E-state index contributed by atoms with van der Waals surface area (Å²) in [6.07, 6.45) is 0.916. The maximum absolute atomic E-state index is 12.1. The monoisotopic (exact) mass is 309 g/mol. The second-order valence-electron chi connectivity index (χ2n) is 4.90. The molecule has 0 saturated carbocycles. The van der Waals surface area contributed by atoms with Crippen LogP contribution in [0.15, 0.2) is 48.5 Å². The van der Waals surface area contributed by atoms with E-state index in [1.807, 2.05) is 31.2 Å². The summed E-state index contributed by atoms with van der Waals surface area (Å²) in [4.78, 5) is 12.1. The molecule has 0 aliphatic carbocycles. The average Bonchev–Trinajstić information content (AvgIpc) is 2.59. The van der Waals surface area contributed by atoms with Gasteiger partial charge in [-0.25, -0.2) is 0 Å². The van der Waals surface area contributed by atoms with Gasteiger partial charge in [0.15, 0.2) is 0 Å². The summed E-state index contributed by atoms with van der Waals surface area (Å²) in [7, 11) is 0. The Morgan fingerprint density at radius 2 is 1.83 bits per heavy atom. The van der Waals surface area contributed by atoms with Crippen LogP contribution in [-0.2, 0) is 4.79 Å². The first-order valence-electron chi connectivity index (χ1n) is 7.49. The smallest absolute Gasteiger partial charge is 0.243 e. The number of ether oxygens (including phenoxy) is 1. The van der Waals surface area contributed by atoms with E-state index in [1.54, 1.807) is 24.3 Å². The van der Waals surface area contributed by atoms with Crippen molar-refractivity contribution in [2.24, 2.45) is 0 Å². The molecule has 0 saturated heterocycles. The molecule has 5 heteroatoms. The molecule has 0 bridgehead atoms. The van der Waals surface area contributed by atoms with Crippen LogP contribution in [0.25, 0.3) is 0 Å². The molecule has 0 aliphatic heterocycles. The number of nitriles is 1. The third kappa shape index (κ3) is 4.75. The third-order valence-corrected chi connectivity index (χ3v) is 3.11. The van der Waals surface area contributed by atoms with Crippen LogP contribution < -0.4 is 15.4 Å². The lowest BCUT2D eigenvalue weighted by Gasteiger charge is -2.13. The molecule has 2 aromatic rings. The van der Waals surface area contributed by atoms with Gasteiger partial charge in [-0.05, 0) is 30.7 Å². The van der Waals surface area contributed by atoms with Crippen LogP contribution in [0.2, 0.25) is 0 Å². The number of nitrogens with zero attached hydrogens (tertiary/aromatic N) is 1. The summed E-state index contributed by atoms with van der Waals surface area (Å²) in [5, 5.41) is 14.8. The Kier molecular flexibility index (Phi) is 6.01. The number of rotatable bonds is 7. The molecule has 0 aliphatic rings. The summed E-state index contributed by atoms with van der Waals surface area (Å²) < 4.78 is 5.64. The van der Waals surface area contributed by atoms with Crippen LogP contribution >= 0.6 is 0 Å². The van der Waals surface area contributed by atoms with E-state index in [0.29, 0.717) is 17.9 Å². The van der Waals surface area contributed by atoms with Crippen molar-refractivity contribution in [3.63, 3.8) is 0 Å². The molecule has 0 fully saturated rings. The van der Waals surface area contributed by atoms with Gasteiger partial charge in [0, 0.05) is 0 Å². The molecule has 0 unspecified atom stereocenters. The molecule has 0 spiro atoms. The van der Waals surface area contributed by atoms with Gasteiger partial charge in [0.1, 0.15) is 11.8 Å². The number of para-hydroxylation sites is 3. The standard InChI is InChI=1S/C18H19N3O2/c1-2-11-23-17-10-6-5-9-16(17)20-13-18(22)21-15-8-4-3-7-14(15)12-19/h3-10,20H,2,11,13H2,1H3,(H,21,22). The van der Waals surface area contributed by atoms with Gasteiger partial charge in [0.25, 0.3) is 0 Å². The highest BCUT2D eigenvalue weighted by Gasteiger charge is 2.08. The van der Waals surface area contributed by atoms with Crippen LogP contribution in [0.1, 0.15) is 18.9 Å². The second-order valence-corrected chi connectivity index (χ2v) is 4.90. The molecule has 5 nitrogen and oxygen atoms in total. The van der Waals surface area contributed by atoms with Gasteiger partial charge < -0.3 is 15.4 Å². The molecule has 0 aromatic heterocycles. The molecule has 23 heavy (non-hydrogen) atoms. The number of anilines is 2. The highest BCUT2D eigenvalue weighted by molar-refractivity contribution is 5.95. The fraction of sp³-hybridized carbons (Fsp3) is 0.222. The molecule has 0 heterocycles. The van der Waals surface area contributed by atoms with Crippen molar-refractivity contribution in [2.75, 3.05) is 23.8 Å². The lowest BCUT2D eigenvalue weighted by Crippen LogP contribution is -2.22. The maximum Gasteiger partial charge on any atom is 0.243 e. The first-order chi connectivity index (χ1) is 11.2. The van der Waals surface area contributed by atoms with Crippen LogP contribution in [-0.4, -0.2) is 19.1 Å². The number of hydrogen-bond acceptors (Lipinski definition) is 4. The Bertz CT molecular complexity index is 707. The molecule has 2 N–H and O–H groups in total. The molecule has 0 radical (unpaired) electrons. The van der Waals surface area contributed by atoms with Crippen LogP contribution in [0.4, 0.5) is 11.4 Å². The summed E-state index contributed by atoms with van der Waals surface area (Å²) in [6, 6.07) is 16.4. The van der Waals surface area contributed by atoms with Gasteiger partial charge in [-0.3, -0.25) is 4.79 Å². The van der Waals surface area contributed by atoms with Crippen molar-refractivity contribution in [3.8, 4) is 11.8 Å². The van der Waals surface area contributed by atoms with Crippen molar-refractivity contribution in [1.82, 2.24) is 0 Å². The summed E-state index contributed by atoms with van der Waals surface area (Å²) in [5.41, 5.74) is 1.72. The fourth-order valence-electron chi connectivity index (χ4n) is 2.01. The van der Waals surface area contributed by atoms with Gasteiger partial charge in [-0.2, -0.15) is 5.26 Å². The van der Waals surface area contributed by atoms with Crippen molar-refractivity contribution in [3.05, 3.63) is 54.1 Å². The van der Waals surface area contributed by atoms with Crippen molar-refractivity contribution < 1.29 is 9.53 Å². The molecule has 0 atom stereocenters. The lowest BCUT2D eigenvalue weighted by molar-refractivity contribution is -0.114. The van der Waals surface area contributed by atoms with E-state index in [1.165, 1.54) is 0 Å². The summed E-state index contributed by atoms with van der Waals surface area (Å²) in [5.74, 6) is 0.498. The van der Waals surface area contributed by atoms with Crippen LogP contribution in [0, 0.1) is 11.3 Å². The zero-order valence-corrected chi connectivity index (χ0v) is 13.0. The lowest BCUT2D eigenvalue weighted by atomic mass is 10.2. The van der Waals surface area contributed by atoms with E-state index < -0.39 is 0 Å². The van der Waals surface area contributed by atoms with Gasteiger partial charge in [0.2, 0.25) is 5.91 Å². The van der Waals surface area contributed by atoms with Crippen LogP contribution in [0.5, 0.6) is 5.75 Å². The van der Waals surface area contributed by atoms with Gasteiger partial charge >= 0.3 is 0 Å². The van der Waals surface area contributed by atoms with Crippen molar-refractivity contribution in [1.29, 1.82) is 5.26 Å². The Morgan fingerprint density at radius 1 is 1.13 bits per heavy atom. The Balaban J connectivity index is 1.96. The Labute approximate surface area is 135 Å². The van der Waals surface area contributed by atoms with Gasteiger partial charge in [-0.1, -0.05) is 31.2 Å². The molecule has 2 aromatic carbocycles. The average molecular weight is 309 g/mol. The quantitative estimate of drug-likeness (QED) is 0.822. The maximum atomic E-state index is 12.1. The predicted molar refractivity (Wildman–Crippen MR) is 90.5 cm³/mol. The van der Waals surface area contributed by atoms with E-state index in [-0.39, 0.29) is 12.5 Å². The number of carbonyl (C=O) groups excluding carboxylic acids is 1. The van der Waals surface area contributed by atoms with E-state index in [9.17, 15) is 4.79 Å². The SMILES string of the molecule is CCCOc1ccccc1NCC(=O)Nc1ccccc1C#N. The minimum absolute atomic E-state index is 0.0895. The van der Waals surface area contributed by atoms with E-state index in [4.69, 9.17) is 10.00 Å². The largest absolute Gasteiger partial charge is 0.491 e. The fourth-order valence-corrected chi connectivity index (χ4v) is 2.01. The molecular weight excluding hydrogens is 290 g/mol. The van der Waals surface area contributed by atoms with Crippen LogP contribution in [0.3, 0.4) is 0 Å².